The van der Waals surface area contributed by atoms with Crippen LogP contribution in [0.2, 0.25) is 0 Å². The molecule has 26 heavy (non-hydrogen) atoms. The zero-order valence-electron chi connectivity index (χ0n) is 15.0. The average molecular weight is 382 g/mol. The molecule has 0 bridgehead atoms. The fourth-order valence-corrected chi connectivity index (χ4v) is 4.24. The molecule has 0 radical (unpaired) electrons. The molecule has 0 unspecified atom stereocenters. The first-order chi connectivity index (χ1) is 12.6. The standard InChI is InChI=1S/C17H27N5O3S/c1-2-3-4-5-6-7-26-8-11-13(23)14(24)17(25-11)22-10-21-12-15(18)19-9-20-16(12)22/h9-11,13-14,17,23-24H,2-8H2,1H3,(H2,18,19,20)/t11-,13-,14-,17+/m0/s1. The Morgan fingerprint density at radius 1 is 1.15 bits per heavy atom. The number of aromatic nitrogens is 4. The van der Waals surface area contributed by atoms with Crippen molar-refractivity contribution in [2.75, 3.05) is 17.2 Å². The molecular weight excluding hydrogens is 354 g/mol. The summed E-state index contributed by atoms with van der Waals surface area (Å²) >= 11 is 1.75. The fourth-order valence-electron chi connectivity index (χ4n) is 3.16. The average Bonchev–Trinajstić information content (AvgIpc) is 3.18. The Morgan fingerprint density at radius 3 is 2.77 bits per heavy atom. The number of anilines is 1. The van der Waals surface area contributed by atoms with Gasteiger partial charge in [-0.05, 0) is 12.2 Å². The number of hydrogen-bond acceptors (Lipinski definition) is 8. The summed E-state index contributed by atoms with van der Waals surface area (Å²) in [5.74, 6) is 1.96. The van der Waals surface area contributed by atoms with Crippen LogP contribution in [0.25, 0.3) is 11.2 Å². The van der Waals surface area contributed by atoms with E-state index in [9.17, 15) is 10.2 Å². The molecule has 144 valence electrons. The lowest BCUT2D eigenvalue weighted by molar-refractivity contribution is -0.0289. The van der Waals surface area contributed by atoms with Crippen molar-refractivity contribution < 1.29 is 14.9 Å². The molecule has 2 aromatic heterocycles. The third kappa shape index (κ3) is 4.11. The van der Waals surface area contributed by atoms with Gasteiger partial charge in [0.1, 0.15) is 24.1 Å². The molecule has 1 fully saturated rings. The molecule has 0 spiro atoms. The predicted octanol–water partition coefficient (Wildman–Crippen LogP) is 1.73. The molecule has 4 atom stereocenters. The number of aliphatic hydroxyl groups is 2. The number of imidazole rings is 1. The van der Waals surface area contributed by atoms with Gasteiger partial charge in [-0.25, -0.2) is 15.0 Å². The van der Waals surface area contributed by atoms with Crippen LogP contribution >= 0.6 is 11.8 Å². The van der Waals surface area contributed by atoms with Crippen molar-refractivity contribution in [2.45, 2.75) is 63.6 Å². The van der Waals surface area contributed by atoms with Crippen LogP contribution in [0.1, 0.15) is 45.3 Å². The molecule has 8 nitrogen and oxygen atoms in total. The summed E-state index contributed by atoms with van der Waals surface area (Å²) < 4.78 is 7.53. The summed E-state index contributed by atoms with van der Waals surface area (Å²) in [6.45, 7) is 2.21. The molecule has 9 heteroatoms. The van der Waals surface area contributed by atoms with Crippen molar-refractivity contribution >= 4 is 28.7 Å². The highest BCUT2D eigenvalue weighted by Gasteiger charge is 2.44. The van der Waals surface area contributed by atoms with Gasteiger partial charge in [-0.2, -0.15) is 11.8 Å². The molecule has 3 heterocycles. The van der Waals surface area contributed by atoms with E-state index in [0.29, 0.717) is 16.9 Å². The van der Waals surface area contributed by atoms with E-state index < -0.39 is 24.5 Å². The summed E-state index contributed by atoms with van der Waals surface area (Å²) in [4.78, 5) is 12.3. The number of fused-ring (bicyclic) bond motifs is 1. The zero-order chi connectivity index (χ0) is 18.5. The van der Waals surface area contributed by atoms with Gasteiger partial charge in [-0.15, -0.1) is 0 Å². The Labute approximate surface area is 157 Å². The van der Waals surface area contributed by atoms with Crippen molar-refractivity contribution in [3.8, 4) is 0 Å². The minimum Gasteiger partial charge on any atom is -0.387 e. The van der Waals surface area contributed by atoms with Crippen LogP contribution in [-0.2, 0) is 4.74 Å². The van der Waals surface area contributed by atoms with Gasteiger partial charge in [0, 0.05) is 5.75 Å². The van der Waals surface area contributed by atoms with Crippen LogP contribution in [0.5, 0.6) is 0 Å². The summed E-state index contributed by atoms with van der Waals surface area (Å²) in [7, 11) is 0. The number of unbranched alkanes of at least 4 members (excludes halogenated alkanes) is 4. The first-order valence-corrected chi connectivity index (χ1v) is 10.3. The van der Waals surface area contributed by atoms with Gasteiger partial charge in [-0.3, -0.25) is 4.57 Å². The normalized spacial score (nSPS) is 26.0. The predicted molar refractivity (Wildman–Crippen MR) is 102 cm³/mol. The van der Waals surface area contributed by atoms with Gasteiger partial charge in [0.25, 0.3) is 0 Å². The summed E-state index contributed by atoms with van der Waals surface area (Å²) in [6.07, 6.45) is 5.93. The molecule has 3 rings (SSSR count). The lowest BCUT2D eigenvalue weighted by Crippen LogP contribution is -2.32. The fraction of sp³-hybridized carbons (Fsp3) is 0.706. The van der Waals surface area contributed by atoms with Crippen LogP contribution in [0.3, 0.4) is 0 Å². The quantitative estimate of drug-likeness (QED) is 0.562. The smallest absolute Gasteiger partial charge is 0.167 e. The topological polar surface area (TPSA) is 119 Å². The SMILES string of the molecule is CCCCCCCSC[C@@H]1O[C@@H](n2cnc3c(N)ncnc32)[C@@H](O)[C@H]1O. The van der Waals surface area contributed by atoms with E-state index in [1.54, 1.807) is 16.3 Å². The zero-order valence-corrected chi connectivity index (χ0v) is 15.8. The lowest BCUT2D eigenvalue weighted by atomic mass is 10.1. The largest absolute Gasteiger partial charge is 0.387 e. The maximum atomic E-state index is 10.4. The van der Waals surface area contributed by atoms with Crippen molar-refractivity contribution in [1.82, 2.24) is 19.5 Å². The third-order valence-electron chi connectivity index (χ3n) is 4.67. The Morgan fingerprint density at radius 2 is 1.96 bits per heavy atom. The van der Waals surface area contributed by atoms with E-state index in [1.807, 2.05) is 0 Å². The van der Waals surface area contributed by atoms with Crippen molar-refractivity contribution in [1.29, 1.82) is 0 Å². The van der Waals surface area contributed by atoms with E-state index in [0.717, 1.165) is 5.75 Å². The van der Waals surface area contributed by atoms with Crippen LogP contribution < -0.4 is 5.73 Å². The van der Waals surface area contributed by atoms with E-state index in [4.69, 9.17) is 10.5 Å². The highest BCUT2D eigenvalue weighted by molar-refractivity contribution is 7.99. The molecule has 0 aliphatic carbocycles. The van der Waals surface area contributed by atoms with Crippen molar-refractivity contribution in [2.24, 2.45) is 0 Å². The van der Waals surface area contributed by atoms with Crippen LogP contribution in [0.4, 0.5) is 5.82 Å². The molecule has 0 aromatic carbocycles. The van der Waals surface area contributed by atoms with Gasteiger partial charge in [0.15, 0.2) is 17.7 Å². The number of hydrogen-bond donors (Lipinski definition) is 3. The summed E-state index contributed by atoms with van der Waals surface area (Å²) in [5.41, 5.74) is 6.74. The molecule has 0 amide bonds. The van der Waals surface area contributed by atoms with Gasteiger partial charge in [-0.1, -0.05) is 32.6 Å². The van der Waals surface area contributed by atoms with E-state index in [2.05, 4.69) is 21.9 Å². The maximum absolute atomic E-state index is 10.4. The second-order valence-corrected chi connectivity index (χ2v) is 7.77. The minimum absolute atomic E-state index is 0.275. The lowest BCUT2D eigenvalue weighted by Gasteiger charge is -2.16. The Kier molecular flexibility index (Phi) is 6.68. The molecule has 4 N–H and O–H groups in total. The molecule has 2 aromatic rings. The molecule has 0 saturated carbocycles. The van der Waals surface area contributed by atoms with E-state index in [-0.39, 0.29) is 5.82 Å². The van der Waals surface area contributed by atoms with Gasteiger partial charge in [0.05, 0.1) is 12.4 Å². The van der Waals surface area contributed by atoms with E-state index in [1.165, 1.54) is 44.8 Å². The van der Waals surface area contributed by atoms with Crippen LogP contribution in [0.15, 0.2) is 12.7 Å². The molecule has 1 saturated heterocycles. The van der Waals surface area contributed by atoms with Crippen molar-refractivity contribution in [3.63, 3.8) is 0 Å². The minimum atomic E-state index is -1.04. The maximum Gasteiger partial charge on any atom is 0.167 e. The van der Waals surface area contributed by atoms with Crippen molar-refractivity contribution in [3.05, 3.63) is 12.7 Å². The summed E-state index contributed by atoms with van der Waals surface area (Å²) in [5, 5.41) is 20.8. The first kappa shape index (κ1) is 19.3. The Hall–Kier alpha value is -1.42. The number of nitrogens with two attached hydrogens (primary N) is 1. The number of nitrogens with zero attached hydrogens (tertiary/aromatic N) is 4. The number of aliphatic hydroxyl groups excluding tert-OH is 2. The van der Waals surface area contributed by atoms with E-state index >= 15 is 0 Å². The van der Waals surface area contributed by atoms with Crippen LogP contribution in [0, 0.1) is 0 Å². The van der Waals surface area contributed by atoms with Gasteiger partial charge in [0.2, 0.25) is 0 Å². The third-order valence-corrected chi connectivity index (χ3v) is 5.81. The van der Waals surface area contributed by atoms with Gasteiger partial charge < -0.3 is 20.7 Å². The number of nitrogen functional groups attached to an aromatic ring is 1. The second kappa shape index (κ2) is 8.98. The summed E-state index contributed by atoms with van der Waals surface area (Å²) in [6, 6.07) is 0. The molecule has 1 aliphatic heterocycles. The number of rotatable bonds is 9. The number of thioether (sulfide) groups is 1. The monoisotopic (exact) mass is 381 g/mol. The Bertz CT molecular complexity index is 713. The number of ether oxygens (including phenoxy) is 1. The van der Waals surface area contributed by atoms with Gasteiger partial charge >= 0.3 is 0 Å². The van der Waals surface area contributed by atoms with Crippen LogP contribution in [-0.4, -0.2) is 59.5 Å². The second-order valence-electron chi connectivity index (χ2n) is 6.62. The first-order valence-electron chi connectivity index (χ1n) is 9.15. The molecular formula is C17H27N5O3S. The highest BCUT2D eigenvalue weighted by atomic mass is 32.2. The Balaban J connectivity index is 1.56. The molecule has 1 aliphatic rings. The highest BCUT2D eigenvalue weighted by Crippen LogP contribution is 2.33.